The van der Waals surface area contributed by atoms with E-state index in [1.165, 1.54) is 0 Å². The van der Waals surface area contributed by atoms with Crippen molar-refractivity contribution in [2.75, 3.05) is 0 Å². The van der Waals surface area contributed by atoms with Gasteiger partial charge in [-0.15, -0.1) is 0 Å². The molecule has 2 bridgehead atoms. The van der Waals surface area contributed by atoms with Crippen LogP contribution < -0.4 is 5.32 Å². The second kappa shape index (κ2) is 4.48. The molecule has 1 N–H and O–H groups in total. The summed E-state index contributed by atoms with van der Waals surface area (Å²) in [7, 11) is 0. The lowest BCUT2D eigenvalue weighted by Gasteiger charge is -2.33. The minimum absolute atomic E-state index is 0.311. The summed E-state index contributed by atoms with van der Waals surface area (Å²) in [6, 6.07) is 3.65. The molecule has 3 rings (SSSR count). The normalized spacial score (nSPS) is 29.7. The van der Waals surface area contributed by atoms with Gasteiger partial charge in [0.25, 0.3) is 0 Å². The van der Waals surface area contributed by atoms with Gasteiger partial charge in [-0.05, 0) is 29.9 Å². The molecular formula is C16H18N2O3. The molecule has 5 heteroatoms. The monoisotopic (exact) mass is 286 g/mol. The number of hydrogen-bond donors (Lipinski definition) is 1. The van der Waals surface area contributed by atoms with Crippen molar-refractivity contribution in [3.05, 3.63) is 30.1 Å². The number of hydrogen-bond acceptors (Lipinski definition) is 4. The summed E-state index contributed by atoms with van der Waals surface area (Å²) in [4.78, 5) is 41.0. The number of Topliss-reactive ketones (excluding diaryl/α,β-unsaturated/α-hetero) is 2. The van der Waals surface area contributed by atoms with Crippen molar-refractivity contribution < 1.29 is 14.4 Å². The van der Waals surface area contributed by atoms with E-state index in [4.69, 9.17) is 0 Å². The third-order valence-electron chi connectivity index (χ3n) is 5.27. The molecule has 0 radical (unpaired) electrons. The molecule has 21 heavy (non-hydrogen) atoms. The highest BCUT2D eigenvalue weighted by Crippen LogP contribution is 2.62. The second-order valence-corrected chi connectivity index (χ2v) is 6.46. The average molecular weight is 286 g/mol. The van der Waals surface area contributed by atoms with Crippen LogP contribution in [-0.2, 0) is 20.9 Å². The Hall–Kier alpha value is -2.04. The minimum atomic E-state index is -1.18. The van der Waals surface area contributed by atoms with Crippen molar-refractivity contribution in [2.24, 2.45) is 16.7 Å². The van der Waals surface area contributed by atoms with Gasteiger partial charge in [-0.1, -0.05) is 19.9 Å². The molecule has 2 aliphatic rings. The number of aromatic nitrogens is 1. The highest BCUT2D eigenvalue weighted by atomic mass is 16.2. The highest BCUT2D eigenvalue weighted by molar-refractivity contribution is 6.47. The van der Waals surface area contributed by atoms with Gasteiger partial charge in [0.2, 0.25) is 17.5 Å². The van der Waals surface area contributed by atoms with Crippen molar-refractivity contribution in [3.8, 4) is 0 Å². The van der Waals surface area contributed by atoms with Crippen molar-refractivity contribution in [2.45, 2.75) is 33.2 Å². The maximum absolute atomic E-state index is 12.7. The maximum atomic E-state index is 12.7. The van der Waals surface area contributed by atoms with Crippen LogP contribution in [-0.4, -0.2) is 22.5 Å². The Morgan fingerprint density at radius 3 is 2.76 bits per heavy atom. The molecule has 2 fully saturated rings. The lowest BCUT2D eigenvalue weighted by molar-refractivity contribution is -0.149. The summed E-state index contributed by atoms with van der Waals surface area (Å²) in [6.45, 7) is 4.03. The van der Waals surface area contributed by atoms with Gasteiger partial charge in [-0.25, -0.2) is 0 Å². The van der Waals surface area contributed by atoms with E-state index in [-0.39, 0.29) is 17.6 Å². The number of nitrogens with one attached hydrogen (secondary N) is 1. The second-order valence-electron chi connectivity index (χ2n) is 6.46. The number of pyridine rings is 1. The standard InChI is InChI=1S/C16H18N2O3/c1-15(2)11-5-6-16(15,13(20)12(11)19)14(21)18-9-10-4-3-7-17-8-10/h3-4,7-8,11H,5-6,9H2,1-2H3,(H,18,21). The van der Waals surface area contributed by atoms with Gasteiger partial charge in [-0.2, -0.15) is 0 Å². The van der Waals surface area contributed by atoms with Crippen molar-refractivity contribution in [1.29, 1.82) is 0 Å². The van der Waals surface area contributed by atoms with Crippen LogP contribution in [0.1, 0.15) is 32.3 Å². The van der Waals surface area contributed by atoms with Crippen LogP contribution in [0.5, 0.6) is 0 Å². The Kier molecular flexibility index (Phi) is 2.97. The molecule has 0 aromatic carbocycles. The van der Waals surface area contributed by atoms with E-state index in [1.54, 1.807) is 18.5 Å². The quantitative estimate of drug-likeness (QED) is 0.670. The van der Waals surface area contributed by atoms with Crippen molar-refractivity contribution >= 4 is 17.5 Å². The number of fused-ring (bicyclic) bond motifs is 2. The van der Waals surface area contributed by atoms with E-state index in [1.807, 2.05) is 19.9 Å². The smallest absolute Gasteiger partial charge is 0.235 e. The van der Waals surface area contributed by atoms with Crippen LogP contribution in [0.2, 0.25) is 0 Å². The SMILES string of the molecule is CC1(C)C2CCC1(C(=O)NCc1cccnc1)C(=O)C2=O. The van der Waals surface area contributed by atoms with Gasteiger partial charge in [0.15, 0.2) is 0 Å². The van der Waals surface area contributed by atoms with Gasteiger partial charge in [0.05, 0.1) is 0 Å². The van der Waals surface area contributed by atoms with Crippen LogP contribution >= 0.6 is 0 Å². The summed E-state index contributed by atoms with van der Waals surface area (Å²) < 4.78 is 0. The predicted molar refractivity (Wildman–Crippen MR) is 75.0 cm³/mol. The molecule has 0 aliphatic heterocycles. The zero-order chi connectivity index (χ0) is 15.3. The molecule has 0 saturated heterocycles. The number of nitrogens with zero attached hydrogens (tertiary/aromatic N) is 1. The average Bonchev–Trinajstić information content (AvgIpc) is 2.82. The van der Waals surface area contributed by atoms with Crippen molar-refractivity contribution in [3.63, 3.8) is 0 Å². The van der Waals surface area contributed by atoms with Crippen LogP contribution in [0.4, 0.5) is 0 Å². The lowest BCUT2D eigenvalue weighted by Crippen LogP contribution is -2.50. The third-order valence-corrected chi connectivity index (χ3v) is 5.27. The van der Waals surface area contributed by atoms with Crippen LogP contribution in [0.25, 0.3) is 0 Å². The van der Waals surface area contributed by atoms with E-state index in [0.717, 1.165) is 5.56 Å². The first kappa shape index (κ1) is 13.9. The number of carbonyl (C=O) groups excluding carboxylic acids is 3. The fourth-order valence-electron chi connectivity index (χ4n) is 3.92. The molecule has 1 heterocycles. The minimum Gasteiger partial charge on any atom is -0.351 e. The Balaban J connectivity index is 1.83. The molecular weight excluding hydrogens is 268 g/mol. The van der Waals surface area contributed by atoms with Gasteiger partial charge in [0, 0.05) is 24.9 Å². The zero-order valence-electron chi connectivity index (χ0n) is 12.2. The summed E-state index contributed by atoms with van der Waals surface area (Å²) >= 11 is 0. The highest BCUT2D eigenvalue weighted by Gasteiger charge is 2.72. The first-order valence-corrected chi connectivity index (χ1v) is 7.17. The molecule has 5 nitrogen and oxygen atoms in total. The zero-order valence-corrected chi connectivity index (χ0v) is 12.2. The van der Waals surface area contributed by atoms with E-state index in [9.17, 15) is 14.4 Å². The number of rotatable bonds is 3. The summed E-state index contributed by atoms with van der Waals surface area (Å²) in [6.07, 6.45) is 4.42. The number of amides is 1. The fraction of sp³-hybridized carbons (Fsp3) is 0.500. The molecule has 2 unspecified atom stereocenters. The Labute approximate surface area is 123 Å². The summed E-state index contributed by atoms with van der Waals surface area (Å²) in [5, 5.41) is 2.81. The van der Waals surface area contributed by atoms with Crippen LogP contribution in [0.3, 0.4) is 0 Å². The summed E-state index contributed by atoms with van der Waals surface area (Å²) in [5.74, 6) is -1.51. The Morgan fingerprint density at radius 1 is 1.43 bits per heavy atom. The molecule has 2 saturated carbocycles. The molecule has 0 spiro atoms. The molecule has 1 aromatic heterocycles. The third kappa shape index (κ3) is 1.69. The maximum Gasteiger partial charge on any atom is 0.235 e. The first-order chi connectivity index (χ1) is 9.91. The van der Waals surface area contributed by atoms with E-state index < -0.39 is 16.6 Å². The molecule has 2 aliphatic carbocycles. The number of ketones is 2. The summed E-state index contributed by atoms with van der Waals surface area (Å²) in [5.41, 5.74) is -0.914. The Bertz CT molecular complexity index is 624. The van der Waals surface area contributed by atoms with E-state index in [2.05, 4.69) is 10.3 Å². The molecule has 2 atom stereocenters. The predicted octanol–water partition coefficient (Wildman–Crippen LogP) is 1.27. The van der Waals surface area contributed by atoms with Gasteiger partial charge in [0.1, 0.15) is 5.41 Å². The first-order valence-electron chi connectivity index (χ1n) is 7.17. The Morgan fingerprint density at radius 2 is 2.19 bits per heavy atom. The van der Waals surface area contributed by atoms with Gasteiger partial charge in [-0.3, -0.25) is 19.4 Å². The lowest BCUT2D eigenvalue weighted by atomic mass is 9.68. The van der Waals surface area contributed by atoms with Crippen LogP contribution in [0, 0.1) is 16.7 Å². The molecule has 1 aromatic rings. The number of carbonyl (C=O) groups is 3. The van der Waals surface area contributed by atoms with Gasteiger partial charge >= 0.3 is 0 Å². The van der Waals surface area contributed by atoms with E-state index >= 15 is 0 Å². The van der Waals surface area contributed by atoms with Crippen molar-refractivity contribution in [1.82, 2.24) is 10.3 Å². The van der Waals surface area contributed by atoms with E-state index in [0.29, 0.717) is 19.4 Å². The fourth-order valence-corrected chi connectivity index (χ4v) is 3.92. The largest absolute Gasteiger partial charge is 0.351 e. The molecule has 110 valence electrons. The topological polar surface area (TPSA) is 76.1 Å². The molecule has 1 amide bonds. The van der Waals surface area contributed by atoms with Gasteiger partial charge < -0.3 is 5.32 Å². The van der Waals surface area contributed by atoms with Crippen LogP contribution in [0.15, 0.2) is 24.5 Å².